The van der Waals surface area contributed by atoms with E-state index in [1.165, 1.54) is 22.3 Å². The Hall–Kier alpha value is -2.90. The van der Waals surface area contributed by atoms with Crippen LogP contribution in [0.3, 0.4) is 0 Å². The molecular formula is C30H34O6. The zero-order chi connectivity index (χ0) is 24.4. The molecule has 0 saturated carbocycles. The van der Waals surface area contributed by atoms with Crippen LogP contribution in [0.5, 0.6) is 11.5 Å². The molecule has 190 valence electrons. The van der Waals surface area contributed by atoms with Gasteiger partial charge in [-0.3, -0.25) is 0 Å². The van der Waals surface area contributed by atoms with Crippen LogP contribution in [0.2, 0.25) is 0 Å². The van der Waals surface area contributed by atoms with Gasteiger partial charge >= 0.3 is 0 Å². The molecule has 2 saturated heterocycles. The number of benzene rings is 3. The van der Waals surface area contributed by atoms with Gasteiger partial charge in [-0.15, -0.1) is 0 Å². The molecule has 2 aliphatic heterocycles. The van der Waals surface area contributed by atoms with Crippen LogP contribution in [0.4, 0.5) is 0 Å². The quantitative estimate of drug-likeness (QED) is 0.164. The molecule has 2 fully saturated rings. The average Bonchev–Trinajstić information content (AvgIpc) is 3.85. The second kappa shape index (κ2) is 12.9. The first kappa shape index (κ1) is 24.8. The van der Waals surface area contributed by atoms with E-state index >= 15 is 0 Å². The highest BCUT2D eigenvalue weighted by Gasteiger charge is 2.22. The van der Waals surface area contributed by atoms with Gasteiger partial charge in [0.1, 0.15) is 23.7 Å². The predicted molar refractivity (Wildman–Crippen MR) is 137 cm³/mol. The average molecular weight is 491 g/mol. The smallest absolute Gasteiger partial charge is 0.189 e. The number of hydrogen-bond donors (Lipinski definition) is 0. The van der Waals surface area contributed by atoms with Crippen molar-refractivity contribution in [3.05, 3.63) is 95.1 Å². The molecule has 2 unspecified atom stereocenters. The summed E-state index contributed by atoms with van der Waals surface area (Å²) in [6.07, 6.45) is 4.57. The van der Waals surface area contributed by atoms with Crippen molar-refractivity contribution in [3.63, 3.8) is 0 Å². The van der Waals surface area contributed by atoms with Crippen molar-refractivity contribution < 1.29 is 28.4 Å². The number of epoxide rings is 2. The Kier molecular flexibility index (Phi) is 8.86. The first-order chi connectivity index (χ1) is 17.8. The van der Waals surface area contributed by atoms with Crippen LogP contribution in [0, 0.1) is 0 Å². The lowest BCUT2D eigenvalue weighted by atomic mass is 10.0. The van der Waals surface area contributed by atoms with E-state index in [4.69, 9.17) is 28.4 Å². The van der Waals surface area contributed by atoms with Crippen LogP contribution in [-0.2, 0) is 44.6 Å². The second-order valence-electron chi connectivity index (χ2n) is 9.28. The summed E-state index contributed by atoms with van der Waals surface area (Å²) in [4.78, 5) is 0. The molecule has 3 aromatic carbocycles. The van der Waals surface area contributed by atoms with E-state index in [1.54, 1.807) is 0 Å². The van der Waals surface area contributed by atoms with Crippen LogP contribution in [0.1, 0.15) is 22.3 Å². The minimum absolute atomic E-state index is 0.261. The Balaban J connectivity index is 0.979. The molecule has 2 aliphatic rings. The summed E-state index contributed by atoms with van der Waals surface area (Å²) in [6.45, 7) is 3.33. The molecule has 5 rings (SSSR count). The number of hydrogen-bond acceptors (Lipinski definition) is 6. The summed E-state index contributed by atoms with van der Waals surface area (Å²) < 4.78 is 32.3. The molecule has 6 nitrogen and oxygen atoms in total. The topological polar surface area (TPSA) is 62.0 Å². The van der Waals surface area contributed by atoms with E-state index in [2.05, 4.69) is 48.5 Å². The minimum atomic E-state index is 0.261. The second-order valence-corrected chi connectivity index (χ2v) is 9.28. The first-order valence-corrected chi connectivity index (χ1v) is 12.7. The molecule has 2 atom stereocenters. The zero-order valence-electron chi connectivity index (χ0n) is 20.6. The largest absolute Gasteiger partial charge is 0.468 e. The minimum Gasteiger partial charge on any atom is -0.468 e. The third-order valence-corrected chi connectivity index (χ3v) is 6.30. The fraction of sp³-hybridized carbons (Fsp3) is 0.400. The maximum Gasteiger partial charge on any atom is 0.189 e. The Morgan fingerprint density at radius 1 is 0.500 bits per heavy atom. The summed E-state index contributed by atoms with van der Waals surface area (Å²) in [7, 11) is 0. The van der Waals surface area contributed by atoms with E-state index in [0.29, 0.717) is 13.2 Å². The fourth-order valence-electron chi connectivity index (χ4n) is 3.86. The van der Waals surface area contributed by atoms with Gasteiger partial charge in [-0.05, 0) is 72.2 Å². The molecular weight excluding hydrogens is 456 g/mol. The molecule has 0 aromatic heterocycles. The molecule has 0 N–H and O–H groups in total. The van der Waals surface area contributed by atoms with Crippen LogP contribution in [-0.4, -0.2) is 52.2 Å². The van der Waals surface area contributed by atoms with Crippen molar-refractivity contribution in [2.45, 2.75) is 37.9 Å². The SMILES string of the molecule is c1cc(CCc2ccc(OCOCC3CO3)cc2)ccc1CCc1ccc(OCOCC2CO2)cc1. The lowest BCUT2D eigenvalue weighted by molar-refractivity contribution is 0.00809. The van der Waals surface area contributed by atoms with Gasteiger partial charge in [0.15, 0.2) is 13.6 Å². The molecule has 2 heterocycles. The highest BCUT2D eigenvalue weighted by Crippen LogP contribution is 2.17. The highest BCUT2D eigenvalue weighted by atomic mass is 16.7. The molecule has 0 spiro atoms. The summed E-state index contributed by atoms with van der Waals surface area (Å²) in [5.74, 6) is 1.66. The Bertz CT molecular complexity index is 954. The lowest BCUT2D eigenvalue weighted by Gasteiger charge is -2.09. The van der Waals surface area contributed by atoms with Crippen molar-refractivity contribution in [2.75, 3.05) is 40.0 Å². The molecule has 0 radical (unpaired) electrons. The van der Waals surface area contributed by atoms with Crippen LogP contribution < -0.4 is 9.47 Å². The third kappa shape index (κ3) is 8.64. The lowest BCUT2D eigenvalue weighted by Crippen LogP contribution is -2.07. The molecule has 0 aliphatic carbocycles. The molecule has 6 heteroatoms. The first-order valence-electron chi connectivity index (χ1n) is 12.7. The Morgan fingerprint density at radius 2 is 0.806 bits per heavy atom. The van der Waals surface area contributed by atoms with E-state index in [0.717, 1.165) is 50.4 Å². The van der Waals surface area contributed by atoms with Gasteiger partial charge in [-0.1, -0.05) is 48.5 Å². The van der Waals surface area contributed by atoms with Crippen molar-refractivity contribution >= 4 is 0 Å². The Morgan fingerprint density at radius 3 is 1.11 bits per heavy atom. The van der Waals surface area contributed by atoms with Crippen LogP contribution in [0.25, 0.3) is 0 Å². The maximum absolute atomic E-state index is 5.61. The summed E-state index contributed by atoms with van der Waals surface area (Å²) in [5.41, 5.74) is 5.31. The molecule has 0 amide bonds. The van der Waals surface area contributed by atoms with Crippen molar-refractivity contribution in [3.8, 4) is 11.5 Å². The molecule has 36 heavy (non-hydrogen) atoms. The van der Waals surface area contributed by atoms with Gasteiger partial charge < -0.3 is 28.4 Å². The number of rotatable bonds is 16. The van der Waals surface area contributed by atoms with E-state index in [9.17, 15) is 0 Å². The van der Waals surface area contributed by atoms with Gasteiger partial charge in [-0.25, -0.2) is 0 Å². The number of ether oxygens (including phenoxy) is 6. The number of aryl methyl sites for hydroxylation is 4. The van der Waals surface area contributed by atoms with Crippen molar-refractivity contribution in [1.82, 2.24) is 0 Å². The van der Waals surface area contributed by atoms with Crippen molar-refractivity contribution in [2.24, 2.45) is 0 Å². The zero-order valence-corrected chi connectivity index (χ0v) is 20.6. The van der Waals surface area contributed by atoms with E-state index in [-0.39, 0.29) is 25.8 Å². The summed E-state index contributed by atoms with van der Waals surface area (Å²) >= 11 is 0. The van der Waals surface area contributed by atoms with Gasteiger partial charge in [0, 0.05) is 0 Å². The van der Waals surface area contributed by atoms with Crippen LogP contribution in [0.15, 0.2) is 72.8 Å². The predicted octanol–water partition coefficient (Wildman–Crippen LogP) is 4.76. The molecule has 0 bridgehead atoms. The summed E-state index contributed by atoms with van der Waals surface area (Å²) in [6, 6.07) is 25.5. The summed E-state index contributed by atoms with van der Waals surface area (Å²) in [5, 5.41) is 0. The fourth-order valence-corrected chi connectivity index (χ4v) is 3.86. The van der Waals surface area contributed by atoms with Crippen LogP contribution >= 0.6 is 0 Å². The van der Waals surface area contributed by atoms with Gasteiger partial charge in [-0.2, -0.15) is 0 Å². The van der Waals surface area contributed by atoms with E-state index in [1.807, 2.05) is 24.3 Å². The normalized spacial score (nSPS) is 18.1. The standard InChI is InChI=1S/C30H34O6/c1-2-24(6-8-26-11-15-28(16-12-26)36-22-32-18-30-20-34-30)4-3-23(1)5-7-25-9-13-27(14-10-25)35-21-31-17-29-19-33-29/h1-4,9-16,29-30H,5-8,17-22H2. The highest BCUT2D eigenvalue weighted by molar-refractivity contribution is 5.30. The molecule has 3 aromatic rings. The third-order valence-electron chi connectivity index (χ3n) is 6.30. The van der Waals surface area contributed by atoms with Crippen molar-refractivity contribution in [1.29, 1.82) is 0 Å². The van der Waals surface area contributed by atoms with Gasteiger partial charge in [0.2, 0.25) is 0 Å². The van der Waals surface area contributed by atoms with Gasteiger partial charge in [0.25, 0.3) is 0 Å². The Labute approximate surface area is 213 Å². The van der Waals surface area contributed by atoms with E-state index < -0.39 is 0 Å². The maximum atomic E-state index is 5.61. The van der Waals surface area contributed by atoms with Gasteiger partial charge in [0.05, 0.1) is 26.4 Å². The monoisotopic (exact) mass is 490 g/mol.